The first-order valence-electron chi connectivity index (χ1n) is 7.72. The number of ether oxygens (including phenoxy) is 1. The van der Waals surface area contributed by atoms with Gasteiger partial charge in [-0.25, -0.2) is 9.59 Å². The third kappa shape index (κ3) is 5.04. The van der Waals surface area contributed by atoms with Crippen LogP contribution in [-0.2, 0) is 9.53 Å². The minimum Gasteiger partial charge on any atom is -1.00 e. The molecule has 0 radical (unpaired) electrons. The molecule has 0 unspecified atom stereocenters. The zero-order valence-corrected chi connectivity index (χ0v) is 13.9. The Hall–Kier alpha value is -1.39. The molecule has 0 aromatic heterocycles. The molecule has 2 fully saturated rings. The molecule has 0 atom stereocenters. The Balaban J connectivity index is 0.00000264. The van der Waals surface area contributed by atoms with Crippen LogP contribution in [0.1, 0.15) is 27.6 Å². The van der Waals surface area contributed by atoms with Crippen LogP contribution in [0.4, 0.5) is 9.59 Å². The first-order chi connectivity index (χ1) is 10.5. The quantitative estimate of drug-likeness (QED) is 0.475. The predicted molar refractivity (Wildman–Crippen MR) is 78.7 cm³/mol. The van der Waals surface area contributed by atoms with Crippen LogP contribution in [0.2, 0.25) is 0 Å². The molecule has 1 N–H and O–H groups in total. The topological polar surface area (TPSA) is 90.4 Å². The largest absolute Gasteiger partial charge is 1.00 e. The van der Waals surface area contributed by atoms with Crippen molar-refractivity contribution in [1.82, 2.24) is 14.7 Å². The number of nitrogens with zero attached hydrogens (tertiary/aromatic N) is 3. The van der Waals surface area contributed by atoms with Gasteiger partial charge in [-0.1, -0.05) is 0 Å². The van der Waals surface area contributed by atoms with E-state index in [9.17, 15) is 14.4 Å². The molecule has 0 spiro atoms. The van der Waals surface area contributed by atoms with Crippen molar-refractivity contribution in [3.8, 4) is 0 Å². The standard InChI is InChI=1S/C14H23N3O5.Li.H/c1-2-22-12(18)10-16-6-3-7-17(13(16)19)11-4-8-15(9-5-11)14(20)21;;/h11H,2-10H2,1H3,(H,20,21);;/q;+1;-1. The molecule has 0 bridgehead atoms. The van der Waals surface area contributed by atoms with E-state index in [2.05, 4.69) is 0 Å². The molecule has 3 amide bonds. The Morgan fingerprint density at radius 2 is 1.91 bits per heavy atom. The molecule has 8 nitrogen and oxygen atoms in total. The van der Waals surface area contributed by atoms with E-state index in [4.69, 9.17) is 9.84 Å². The molecule has 2 heterocycles. The fourth-order valence-corrected chi connectivity index (χ4v) is 3.02. The second-order valence-electron chi connectivity index (χ2n) is 5.56. The van der Waals surface area contributed by atoms with Crippen LogP contribution in [0.5, 0.6) is 0 Å². The van der Waals surface area contributed by atoms with Crippen LogP contribution in [0.15, 0.2) is 0 Å². The van der Waals surface area contributed by atoms with Crippen molar-refractivity contribution >= 4 is 18.1 Å². The summed E-state index contributed by atoms with van der Waals surface area (Å²) in [5.74, 6) is -0.390. The third-order valence-corrected chi connectivity index (χ3v) is 4.14. The van der Waals surface area contributed by atoms with Gasteiger partial charge in [-0.2, -0.15) is 0 Å². The molecule has 0 aromatic carbocycles. The van der Waals surface area contributed by atoms with E-state index in [0.717, 1.165) is 6.42 Å². The van der Waals surface area contributed by atoms with Gasteiger partial charge in [0.15, 0.2) is 0 Å². The van der Waals surface area contributed by atoms with Gasteiger partial charge < -0.3 is 26.0 Å². The summed E-state index contributed by atoms with van der Waals surface area (Å²) < 4.78 is 4.89. The predicted octanol–water partition coefficient (Wildman–Crippen LogP) is -2.06. The van der Waals surface area contributed by atoms with Crippen molar-refractivity contribution in [3.05, 3.63) is 0 Å². The van der Waals surface area contributed by atoms with E-state index in [1.807, 2.05) is 0 Å². The summed E-state index contributed by atoms with van der Waals surface area (Å²) in [5.41, 5.74) is 0. The molecule has 0 saturated carbocycles. The van der Waals surface area contributed by atoms with Crippen molar-refractivity contribution in [1.29, 1.82) is 0 Å². The van der Waals surface area contributed by atoms with Crippen molar-refractivity contribution in [2.45, 2.75) is 32.2 Å². The van der Waals surface area contributed by atoms with Gasteiger partial charge in [-0.15, -0.1) is 0 Å². The minimum absolute atomic E-state index is 0. The Kier molecular flexibility index (Phi) is 7.72. The van der Waals surface area contributed by atoms with E-state index in [1.54, 1.807) is 11.8 Å². The van der Waals surface area contributed by atoms with Crippen LogP contribution in [0.25, 0.3) is 0 Å². The van der Waals surface area contributed by atoms with E-state index in [1.165, 1.54) is 9.80 Å². The van der Waals surface area contributed by atoms with Crippen LogP contribution in [-0.4, -0.2) is 83.3 Å². The van der Waals surface area contributed by atoms with Crippen molar-refractivity contribution in [2.75, 3.05) is 39.3 Å². The fourth-order valence-electron chi connectivity index (χ4n) is 3.02. The van der Waals surface area contributed by atoms with Crippen molar-refractivity contribution < 1.29 is 44.5 Å². The number of carbonyl (C=O) groups is 3. The summed E-state index contributed by atoms with van der Waals surface area (Å²) in [6, 6.07) is -0.0961. The Labute approximate surface area is 149 Å². The Morgan fingerprint density at radius 1 is 1.26 bits per heavy atom. The maximum Gasteiger partial charge on any atom is 1.00 e. The number of carbonyl (C=O) groups excluding carboxylic acids is 2. The number of urea groups is 1. The second kappa shape index (κ2) is 9.04. The maximum absolute atomic E-state index is 12.5. The zero-order valence-electron chi connectivity index (χ0n) is 14.9. The Morgan fingerprint density at radius 3 is 2.48 bits per heavy atom. The summed E-state index contributed by atoms with van der Waals surface area (Å²) in [5, 5.41) is 8.96. The number of likely N-dealkylation sites (tertiary alicyclic amines) is 1. The molecule has 2 aliphatic rings. The molecule has 2 rings (SSSR count). The van der Waals surface area contributed by atoms with Crippen molar-refractivity contribution in [3.63, 3.8) is 0 Å². The van der Waals surface area contributed by atoms with Crippen LogP contribution < -0.4 is 18.9 Å². The SMILES string of the molecule is CCOC(=O)CN1CCCN(C2CCN(C(=O)O)CC2)C1=O.[H-].[Li+]. The van der Waals surface area contributed by atoms with E-state index in [0.29, 0.717) is 45.6 Å². The molecule has 9 heteroatoms. The van der Waals surface area contributed by atoms with Gasteiger partial charge in [0.2, 0.25) is 0 Å². The summed E-state index contributed by atoms with van der Waals surface area (Å²) in [6.45, 7) is 4.13. The van der Waals surface area contributed by atoms with E-state index < -0.39 is 12.1 Å². The fraction of sp³-hybridized carbons (Fsp3) is 0.786. The van der Waals surface area contributed by atoms with E-state index in [-0.39, 0.29) is 38.9 Å². The summed E-state index contributed by atoms with van der Waals surface area (Å²) in [6.07, 6.45) is 1.19. The number of hydrogen-bond donors (Lipinski definition) is 1. The first kappa shape index (κ1) is 19.7. The van der Waals surface area contributed by atoms with Crippen LogP contribution in [0.3, 0.4) is 0 Å². The molecular formula is C14H24LiN3O5. The minimum atomic E-state index is -0.910. The number of esters is 1. The zero-order chi connectivity index (χ0) is 16.1. The average Bonchev–Trinajstić information content (AvgIpc) is 2.50. The number of carboxylic acid groups (broad SMARTS) is 1. The summed E-state index contributed by atoms with van der Waals surface area (Å²) in [7, 11) is 0. The van der Waals surface area contributed by atoms with Gasteiger partial charge in [0.05, 0.1) is 6.61 Å². The number of rotatable bonds is 4. The Bertz CT molecular complexity index is 446. The molecule has 0 aromatic rings. The average molecular weight is 321 g/mol. The maximum atomic E-state index is 12.5. The summed E-state index contributed by atoms with van der Waals surface area (Å²) in [4.78, 5) is 39.6. The van der Waals surface area contributed by atoms with Crippen LogP contribution >= 0.6 is 0 Å². The third-order valence-electron chi connectivity index (χ3n) is 4.14. The van der Waals surface area contributed by atoms with E-state index >= 15 is 0 Å². The van der Waals surface area contributed by atoms with Crippen molar-refractivity contribution in [2.24, 2.45) is 0 Å². The number of piperidine rings is 1. The smallest absolute Gasteiger partial charge is 1.00 e. The molecular weight excluding hydrogens is 297 g/mol. The number of hydrogen-bond acceptors (Lipinski definition) is 4. The molecule has 2 saturated heterocycles. The second-order valence-corrected chi connectivity index (χ2v) is 5.56. The summed E-state index contributed by atoms with van der Waals surface area (Å²) >= 11 is 0. The number of amides is 3. The first-order valence-corrected chi connectivity index (χ1v) is 7.72. The van der Waals surface area contributed by atoms with Crippen LogP contribution in [0, 0.1) is 0 Å². The van der Waals surface area contributed by atoms with Gasteiger partial charge in [0, 0.05) is 32.2 Å². The van der Waals surface area contributed by atoms with Gasteiger partial charge in [-0.05, 0) is 26.2 Å². The molecule has 0 aliphatic carbocycles. The van der Waals surface area contributed by atoms with Gasteiger partial charge in [0.1, 0.15) is 6.54 Å². The molecule has 126 valence electrons. The van der Waals surface area contributed by atoms with Gasteiger partial charge in [0.25, 0.3) is 0 Å². The molecule has 23 heavy (non-hydrogen) atoms. The monoisotopic (exact) mass is 321 g/mol. The molecule has 2 aliphatic heterocycles. The normalized spacial score (nSPS) is 19.3. The van der Waals surface area contributed by atoms with Gasteiger partial charge >= 0.3 is 37.0 Å². The van der Waals surface area contributed by atoms with Gasteiger partial charge in [-0.3, -0.25) is 4.79 Å².